The van der Waals surface area contributed by atoms with Gasteiger partial charge in [-0.25, -0.2) is 26.7 Å². The molecule has 4 amide bonds. The summed E-state index contributed by atoms with van der Waals surface area (Å²) < 4.78 is 64.3. The summed E-state index contributed by atoms with van der Waals surface area (Å²) in [5.74, 6) is -3.49. The number of rotatable bonds is 5. The largest absolute Gasteiger partial charge is 0.444 e. The second-order valence-electron chi connectivity index (χ2n) is 16.2. The van der Waals surface area contributed by atoms with Crippen LogP contribution in [0.1, 0.15) is 88.2 Å². The molecule has 3 heterocycles. The van der Waals surface area contributed by atoms with Crippen LogP contribution in [0.3, 0.4) is 0 Å². The number of hydrogen-bond acceptors (Lipinski definition) is 9. The molecule has 0 aromatic heterocycles. The minimum absolute atomic E-state index is 0.0178. The van der Waals surface area contributed by atoms with Gasteiger partial charge in [-0.15, -0.1) is 6.58 Å². The van der Waals surface area contributed by atoms with Gasteiger partial charge in [-0.2, -0.15) is 0 Å². The number of nitrogens with one attached hydrogen (secondary N) is 4. The van der Waals surface area contributed by atoms with Crippen molar-refractivity contribution in [1.29, 1.82) is 0 Å². The lowest BCUT2D eigenvalue weighted by atomic mass is 10.0. The van der Waals surface area contributed by atoms with E-state index in [1.165, 1.54) is 28.0 Å². The monoisotopic (exact) mass is 810 g/mol. The lowest BCUT2D eigenvalue weighted by molar-refractivity contribution is -0.141. The highest BCUT2D eigenvalue weighted by Gasteiger charge is 2.61. The summed E-state index contributed by atoms with van der Waals surface area (Å²) in [4.78, 5) is 58.7. The van der Waals surface area contributed by atoms with Crippen molar-refractivity contribution in [1.82, 2.24) is 25.2 Å². The fraction of sp³-hybridized carbons (Fsp3) is 0.561. The Hall–Kier alpha value is -4.57. The van der Waals surface area contributed by atoms with E-state index in [1.807, 2.05) is 0 Å². The number of anilines is 1. The van der Waals surface area contributed by atoms with Crippen LogP contribution < -0.4 is 20.7 Å². The standard InChI is InChI=1S/C41H52F2N6O7S/c1-2-28-21-41(28)39(52)47-57(54,55)36-19-29(42)16-17-33(36)44-18-9-5-3-4-6-15-34(45-22-26-11-7-8-12-26)38(51)49-24-30(20-35(49)37(50)46-41)56-40(53)48-23-27-13-10-14-32(43)31(27)25-48/h2,10,13-14,16-17,19,26,28,30,34-35,44-45H,1,3-9,11-12,15,18,20-25H2,(H,46,50)(H,47,52)/t28-,30-,34+,35+,41-/m1/s1. The van der Waals surface area contributed by atoms with Crippen LogP contribution in [0.4, 0.5) is 19.3 Å². The van der Waals surface area contributed by atoms with Gasteiger partial charge in [0.2, 0.25) is 11.8 Å². The van der Waals surface area contributed by atoms with Crippen molar-refractivity contribution in [2.75, 3.05) is 25.0 Å². The van der Waals surface area contributed by atoms with Crippen molar-refractivity contribution in [3.05, 3.63) is 71.8 Å². The van der Waals surface area contributed by atoms with Gasteiger partial charge in [0.05, 0.1) is 24.8 Å². The number of sulfonamides is 1. The minimum atomic E-state index is -4.63. The van der Waals surface area contributed by atoms with Crippen molar-refractivity contribution in [3.8, 4) is 0 Å². The number of carbonyl (C=O) groups is 4. The van der Waals surface area contributed by atoms with Gasteiger partial charge in [0.25, 0.3) is 15.9 Å². The fourth-order valence-corrected chi connectivity index (χ4v) is 10.1. The van der Waals surface area contributed by atoms with Crippen LogP contribution >= 0.6 is 0 Å². The molecular formula is C41H52F2N6O7S. The summed E-state index contributed by atoms with van der Waals surface area (Å²) in [5.41, 5.74) is -0.505. The van der Waals surface area contributed by atoms with Crippen LogP contribution in [0, 0.1) is 23.5 Å². The van der Waals surface area contributed by atoms with Crippen LogP contribution in [-0.4, -0.2) is 85.4 Å². The number of halogens is 2. The molecule has 1 saturated heterocycles. The summed E-state index contributed by atoms with van der Waals surface area (Å²) in [5, 5.41) is 9.34. The molecule has 0 bridgehead atoms. The summed E-state index contributed by atoms with van der Waals surface area (Å²) in [6.45, 7) is 4.92. The fourth-order valence-electron chi connectivity index (χ4n) is 8.84. The lowest BCUT2D eigenvalue weighted by Gasteiger charge is -2.30. The number of ether oxygens (including phenoxy) is 1. The van der Waals surface area contributed by atoms with Gasteiger partial charge in [0, 0.05) is 31.0 Å². The first-order valence-corrected chi connectivity index (χ1v) is 21.7. The molecule has 0 radical (unpaired) electrons. The molecule has 3 fully saturated rings. The van der Waals surface area contributed by atoms with E-state index in [2.05, 4.69) is 27.3 Å². The number of carbonyl (C=O) groups excluding carboxylic acids is 4. The van der Waals surface area contributed by atoms with Crippen molar-refractivity contribution in [3.63, 3.8) is 0 Å². The molecule has 57 heavy (non-hydrogen) atoms. The van der Waals surface area contributed by atoms with E-state index in [1.54, 1.807) is 12.1 Å². The lowest BCUT2D eigenvalue weighted by Crippen LogP contribution is -2.58. The molecule has 2 saturated carbocycles. The minimum Gasteiger partial charge on any atom is -0.444 e. The molecule has 2 aromatic rings. The van der Waals surface area contributed by atoms with Gasteiger partial charge < -0.3 is 25.6 Å². The third-order valence-corrected chi connectivity index (χ3v) is 13.6. The Balaban J connectivity index is 1.15. The van der Waals surface area contributed by atoms with Crippen LogP contribution in [0.15, 0.2) is 53.9 Å². The average molecular weight is 811 g/mol. The van der Waals surface area contributed by atoms with E-state index in [-0.39, 0.29) is 44.1 Å². The van der Waals surface area contributed by atoms with E-state index >= 15 is 0 Å². The summed E-state index contributed by atoms with van der Waals surface area (Å²) in [6.07, 6.45) is 8.70. The Morgan fingerprint density at radius 3 is 2.51 bits per heavy atom. The Kier molecular flexibility index (Phi) is 12.2. The number of nitrogens with zero attached hydrogens (tertiary/aromatic N) is 2. The maximum absolute atomic E-state index is 14.6. The zero-order valence-electron chi connectivity index (χ0n) is 32.1. The molecule has 3 aliphatic heterocycles. The summed E-state index contributed by atoms with van der Waals surface area (Å²) in [7, 11) is -4.63. The first-order chi connectivity index (χ1) is 27.4. The second kappa shape index (κ2) is 17.1. The molecule has 2 aliphatic carbocycles. The van der Waals surface area contributed by atoms with Gasteiger partial charge in [0.1, 0.15) is 34.2 Å². The Labute approximate surface area is 332 Å². The average Bonchev–Trinajstić information content (AvgIpc) is 3.60. The van der Waals surface area contributed by atoms with E-state index in [9.17, 15) is 36.4 Å². The van der Waals surface area contributed by atoms with Crippen LogP contribution in [0.2, 0.25) is 0 Å². The zero-order valence-corrected chi connectivity index (χ0v) is 32.9. The number of benzene rings is 2. The predicted octanol–water partition coefficient (Wildman–Crippen LogP) is 4.87. The van der Waals surface area contributed by atoms with Crippen LogP contribution in [0.25, 0.3) is 0 Å². The molecule has 13 nitrogen and oxygen atoms in total. The van der Waals surface area contributed by atoms with Crippen molar-refractivity contribution in [2.24, 2.45) is 11.8 Å². The maximum Gasteiger partial charge on any atom is 0.410 e. The molecule has 308 valence electrons. The van der Waals surface area contributed by atoms with Crippen molar-refractivity contribution in [2.45, 2.75) is 119 Å². The topological polar surface area (TPSA) is 166 Å². The molecular weight excluding hydrogens is 759 g/mol. The smallest absolute Gasteiger partial charge is 0.410 e. The van der Waals surface area contributed by atoms with E-state index in [0.29, 0.717) is 43.0 Å². The third kappa shape index (κ3) is 8.96. The Bertz CT molecular complexity index is 1990. The summed E-state index contributed by atoms with van der Waals surface area (Å²) >= 11 is 0. The molecule has 16 heteroatoms. The molecule has 4 N–H and O–H groups in total. The Morgan fingerprint density at radius 1 is 1.00 bits per heavy atom. The van der Waals surface area contributed by atoms with Gasteiger partial charge in [-0.1, -0.05) is 56.7 Å². The summed E-state index contributed by atoms with van der Waals surface area (Å²) in [6, 6.07) is 6.17. The molecule has 5 aliphatic rings. The SMILES string of the molecule is C=C[C@@H]1C[C@@]12NC(=O)[C@@H]1C[C@@H](OC(=O)N3Cc4cccc(F)c4C3)CN1C(=O)[C@@H](NCC1CCCC1)CCCCCCCNc1ccc(F)cc1S(=O)(=O)NC2=O. The number of hydrogen-bond donors (Lipinski definition) is 4. The normalized spacial score (nSPS) is 28.4. The third-order valence-electron chi connectivity index (χ3n) is 12.2. The molecule has 7 rings (SSSR count). The zero-order chi connectivity index (χ0) is 40.3. The Morgan fingerprint density at radius 2 is 1.75 bits per heavy atom. The first-order valence-electron chi connectivity index (χ1n) is 20.2. The van der Waals surface area contributed by atoms with E-state index in [0.717, 1.165) is 63.5 Å². The molecule has 1 spiro atoms. The maximum atomic E-state index is 14.6. The first kappa shape index (κ1) is 40.6. The molecule has 0 unspecified atom stereocenters. The predicted molar refractivity (Wildman–Crippen MR) is 207 cm³/mol. The van der Waals surface area contributed by atoms with Crippen LogP contribution in [-0.2, 0) is 42.2 Å². The second-order valence-corrected chi connectivity index (χ2v) is 17.8. The quantitative estimate of drug-likeness (QED) is 0.309. The highest BCUT2D eigenvalue weighted by atomic mass is 32.2. The van der Waals surface area contributed by atoms with Crippen molar-refractivity contribution < 1.29 is 41.1 Å². The highest BCUT2D eigenvalue weighted by molar-refractivity contribution is 7.90. The highest BCUT2D eigenvalue weighted by Crippen LogP contribution is 2.45. The molecule has 5 atom stereocenters. The van der Waals surface area contributed by atoms with E-state index < -0.39 is 74.1 Å². The molecule has 2 aromatic carbocycles. The van der Waals surface area contributed by atoms with Gasteiger partial charge in [-0.05, 0) is 74.4 Å². The van der Waals surface area contributed by atoms with Crippen LogP contribution in [0.5, 0.6) is 0 Å². The number of amides is 4. The van der Waals surface area contributed by atoms with Gasteiger partial charge in [-0.3, -0.25) is 19.3 Å². The van der Waals surface area contributed by atoms with Crippen molar-refractivity contribution >= 4 is 39.5 Å². The van der Waals surface area contributed by atoms with Gasteiger partial charge >= 0.3 is 6.09 Å². The number of fused-ring (bicyclic) bond motifs is 3. The van der Waals surface area contributed by atoms with Gasteiger partial charge in [0.15, 0.2) is 0 Å². The van der Waals surface area contributed by atoms with E-state index in [4.69, 9.17) is 4.74 Å².